The maximum Gasteiger partial charge on any atom is 0.335 e. The Morgan fingerprint density at radius 2 is 2.17 bits per heavy atom. The first-order chi connectivity index (χ1) is 11.0. The van der Waals surface area contributed by atoms with E-state index in [1.165, 1.54) is 0 Å². The van der Waals surface area contributed by atoms with Crippen LogP contribution in [0.5, 0.6) is 0 Å². The number of halogens is 2. The van der Waals surface area contributed by atoms with Gasteiger partial charge < -0.3 is 9.47 Å². The molecule has 0 saturated heterocycles. The third-order valence-corrected chi connectivity index (χ3v) is 3.23. The highest BCUT2D eigenvalue weighted by molar-refractivity contribution is 5.76. The largest absolute Gasteiger partial charge is 0.456 e. The highest BCUT2D eigenvalue weighted by atomic mass is 19.3. The number of imidazole rings is 1. The summed E-state index contributed by atoms with van der Waals surface area (Å²) in [4.78, 5) is 15.9. The molecule has 1 aromatic carbocycles. The molecule has 0 aliphatic heterocycles. The average Bonchev–Trinajstić information content (AvgIpc) is 2.91. The van der Waals surface area contributed by atoms with E-state index >= 15 is 0 Å². The summed E-state index contributed by atoms with van der Waals surface area (Å²) >= 11 is 0. The lowest BCUT2D eigenvalue weighted by atomic mass is 10.3. The molecular formula is C16H18F2N2O3. The summed E-state index contributed by atoms with van der Waals surface area (Å²) < 4.78 is 37.5. The number of esters is 1. The van der Waals surface area contributed by atoms with Gasteiger partial charge in [-0.05, 0) is 25.5 Å². The highest BCUT2D eigenvalue weighted by Gasteiger charge is 2.20. The van der Waals surface area contributed by atoms with Gasteiger partial charge in [-0.3, -0.25) is 4.57 Å². The molecule has 0 saturated carbocycles. The molecule has 23 heavy (non-hydrogen) atoms. The van der Waals surface area contributed by atoms with Gasteiger partial charge in [0, 0.05) is 0 Å². The SMILES string of the molecule is C=CCCOC(C)C(=O)OCc1nc2ccccc2n1C(F)F. The first kappa shape index (κ1) is 17.1. The summed E-state index contributed by atoms with van der Waals surface area (Å²) in [7, 11) is 0. The van der Waals surface area contributed by atoms with Gasteiger partial charge in [0.05, 0.1) is 17.6 Å². The lowest BCUT2D eigenvalue weighted by Gasteiger charge is -2.12. The van der Waals surface area contributed by atoms with Crippen LogP contribution in [0.25, 0.3) is 11.0 Å². The maximum atomic E-state index is 13.2. The maximum absolute atomic E-state index is 13.2. The van der Waals surface area contributed by atoms with E-state index in [0.717, 1.165) is 4.57 Å². The number of carbonyl (C=O) groups excluding carboxylic acids is 1. The molecule has 0 amide bonds. The number of rotatable bonds is 8. The number of alkyl halides is 2. The molecule has 2 rings (SSSR count). The molecule has 0 aliphatic carbocycles. The fraction of sp³-hybridized carbons (Fsp3) is 0.375. The smallest absolute Gasteiger partial charge is 0.335 e. The van der Waals surface area contributed by atoms with Crippen molar-refractivity contribution in [2.45, 2.75) is 32.6 Å². The topological polar surface area (TPSA) is 53.4 Å². The third-order valence-electron chi connectivity index (χ3n) is 3.23. The first-order valence-corrected chi connectivity index (χ1v) is 7.17. The van der Waals surface area contributed by atoms with Crippen molar-refractivity contribution >= 4 is 17.0 Å². The second-order valence-electron chi connectivity index (χ2n) is 4.86. The molecule has 124 valence electrons. The van der Waals surface area contributed by atoms with Crippen molar-refractivity contribution in [1.29, 1.82) is 0 Å². The zero-order valence-corrected chi connectivity index (χ0v) is 12.7. The molecule has 7 heteroatoms. The quantitative estimate of drug-likeness (QED) is 0.424. The van der Waals surface area contributed by atoms with Gasteiger partial charge in [-0.1, -0.05) is 18.2 Å². The summed E-state index contributed by atoms with van der Waals surface area (Å²) in [6, 6.07) is 6.52. The first-order valence-electron chi connectivity index (χ1n) is 7.17. The average molecular weight is 324 g/mol. The van der Waals surface area contributed by atoms with Gasteiger partial charge in [0.1, 0.15) is 6.61 Å². The minimum atomic E-state index is -2.77. The summed E-state index contributed by atoms with van der Waals surface area (Å²) in [5, 5.41) is 0. The molecule has 1 aromatic heterocycles. The Morgan fingerprint density at radius 1 is 1.43 bits per heavy atom. The van der Waals surface area contributed by atoms with E-state index in [9.17, 15) is 13.6 Å². The number of para-hydroxylation sites is 2. The Kier molecular flexibility index (Phi) is 5.81. The van der Waals surface area contributed by atoms with Crippen molar-refractivity contribution in [1.82, 2.24) is 9.55 Å². The van der Waals surface area contributed by atoms with E-state index < -0.39 is 18.6 Å². The zero-order valence-electron chi connectivity index (χ0n) is 12.7. The summed E-state index contributed by atoms with van der Waals surface area (Å²) in [5.41, 5.74) is 0.720. The monoisotopic (exact) mass is 324 g/mol. The van der Waals surface area contributed by atoms with Gasteiger partial charge in [0.15, 0.2) is 11.9 Å². The molecule has 0 spiro atoms. The van der Waals surface area contributed by atoms with E-state index in [2.05, 4.69) is 11.6 Å². The van der Waals surface area contributed by atoms with Crippen LogP contribution in [0.2, 0.25) is 0 Å². The molecule has 1 heterocycles. The van der Waals surface area contributed by atoms with E-state index in [-0.39, 0.29) is 12.4 Å². The van der Waals surface area contributed by atoms with Crippen molar-refractivity contribution in [2.75, 3.05) is 6.61 Å². The number of nitrogens with zero attached hydrogens (tertiary/aromatic N) is 2. The van der Waals surface area contributed by atoms with Crippen LogP contribution in [0.4, 0.5) is 8.78 Å². The molecule has 0 fully saturated rings. The number of carbonyl (C=O) groups is 1. The van der Waals surface area contributed by atoms with Crippen LogP contribution < -0.4 is 0 Å². The van der Waals surface area contributed by atoms with Crippen LogP contribution in [-0.2, 0) is 20.9 Å². The Labute approximate surface area is 132 Å². The number of ether oxygens (including phenoxy) is 2. The van der Waals surface area contributed by atoms with Crippen molar-refractivity contribution in [3.8, 4) is 0 Å². The van der Waals surface area contributed by atoms with Gasteiger partial charge >= 0.3 is 12.5 Å². The predicted molar refractivity (Wildman–Crippen MR) is 81.0 cm³/mol. The number of hydrogen-bond donors (Lipinski definition) is 0. The Morgan fingerprint density at radius 3 is 2.87 bits per heavy atom. The predicted octanol–water partition coefficient (Wildman–Crippen LogP) is 3.46. The number of benzene rings is 1. The third kappa shape index (κ3) is 4.13. The van der Waals surface area contributed by atoms with Crippen LogP contribution >= 0.6 is 0 Å². The van der Waals surface area contributed by atoms with Gasteiger partial charge in [0.25, 0.3) is 0 Å². The number of hydrogen-bond acceptors (Lipinski definition) is 4. The van der Waals surface area contributed by atoms with Crippen molar-refractivity contribution in [2.24, 2.45) is 0 Å². The van der Waals surface area contributed by atoms with E-state index in [1.54, 1.807) is 37.3 Å². The minimum Gasteiger partial charge on any atom is -0.456 e. The van der Waals surface area contributed by atoms with Crippen LogP contribution in [0.1, 0.15) is 25.7 Å². The molecule has 1 atom stereocenters. The van der Waals surface area contributed by atoms with Gasteiger partial charge in [-0.15, -0.1) is 6.58 Å². The van der Waals surface area contributed by atoms with Gasteiger partial charge in [0.2, 0.25) is 0 Å². The Hall–Kier alpha value is -2.28. The van der Waals surface area contributed by atoms with E-state index in [4.69, 9.17) is 9.47 Å². The Balaban J connectivity index is 2.05. The molecular weight excluding hydrogens is 306 g/mol. The van der Waals surface area contributed by atoms with Gasteiger partial charge in [-0.2, -0.15) is 8.78 Å². The van der Waals surface area contributed by atoms with E-state index in [1.807, 2.05) is 0 Å². The second-order valence-corrected chi connectivity index (χ2v) is 4.86. The second kappa shape index (κ2) is 7.82. The van der Waals surface area contributed by atoms with Crippen molar-refractivity contribution < 1.29 is 23.0 Å². The van der Waals surface area contributed by atoms with Gasteiger partial charge in [-0.25, -0.2) is 9.78 Å². The minimum absolute atomic E-state index is 0.00663. The summed E-state index contributed by atoms with van der Waals surface area (Å²) in [5.74, 6) is -0.630. The van der Waals surface area contributed by atoms with Crippen molar-refractivity contribution in [3.63, 3.8) is 0 Å². The molecule has 0 N–H and O–H groups in total. The standard InChI is InChI=1S/C16H18F2N2O3/c1-3-4-9-22-11(2)15(21)23-10-14-19-12-7-5-6-8-13(12)20(14)16(17)18/h3,5-8,11,16H,1,4,9-10H2,2H3. The number of fused-ring (bicyclic) bond motifs is 1. The summed E-state index contributed by atoms with van der Waals surface area (Å²) in [6.07, 6.45) is 1.50. The van der Waals surface area contributed by atoms with Crippen LogP contribution in [0.15, 0.2) is 36.9 Å². The molecule has 0 bridgehead atoms. The fourth-order valence-electron chi connectivity index (χ4n) is 2.06. The van der Waals surface area contributed by atoms with E-state index in [0.29, 0.717) is 24.1 Å². The molecule has 5 nitrogen and oxygen atoms in total. The molecule has 0 radical (unpaired) electrons. The molecule has 2 aromatic rings. The lowest BCUT2D eigenvalue weighted by molar-refractivity contribution is -0.157. The zero-order chi connectivity index (χ0) is 16.8. The summed E-state index contributed by atoms with van der Waals surface area (Å²) in [6.45, 7) is 2.33. The highest BCUT2D eigenvalue weighted by Crippen LogP contribution is 2.23. The van der Waals surface area contributed by atoms with Crippen molar-refractivity contribution in [3.05, 3.63) is 42.7 Å². The molecule has 1 unspecified atom stereocenters. The number of aromatic nitrogens is 2. The lowest BCUT2D eigenvalue weighted by Crippen LogP contribution is -2.24. The van der Waals surface area contributed by atoms with Crippen LogP contribution in [-0.4, -0.2) is 28.2 Å². The fourth-order valence-corrected chi connectivity index (χ4v) is 2.06. The normalized spacial score (nSPS) is 12.5. The molecule has 0 aliphatic rings. The Bertz CT molecular complexity index is 685. The van der Waals surface area contributed by atoms with Crippen LogP contribution in [0.3, 0.4) is 0 Å². The van der Waals surface area contributed by atoms with Crippen LogP contribution in [0, 0.1) is 0 Å².